The van der Waals surface area contributed by atoms with Crippen LogP contribution in [-0.2, 0) is 0 Å². The van der Waals surface area contributed by atoms with E-state index in [-0.39, 0.29) is 11.6 Å². The Kier molecular flexibility index (Phi) is 5.77. The molecule has 2 heteroatoms. The van der Waals surface area contributed by atoms with Crippen molar-refractivity contribution in [1.82, 2.24) is 0 Å². The zero-order valence-corrected chi connectivity index (χ0v) is 16.4. The summed E-state index contributed by atoms with van der Waals surface area (Å²) >= 11 is 0. The number of benzene rings is 4. The van der Waals surface area contributed by atoms with Crippen molar-refractivity contribution < 1.29 is 9.59 Å². The van der Waals surface area contributed by atoms with E-state index in [9.17, 15) is 9.59 Å². The third kappa shape index (κ3) is 4.34. The lowest BCUT2D eigenvalue weighted by Gasteiger charge is -2.08. The minimum atomic E-state index is -0.197. The number of carbonyl (C=O) groups is 2. The molecular weight excluding hydrogens is 368 g/mol. The molecule has 0 amide bonds. The molecule has 0 fully saturated rings. The summed E-state index contributed by atoms with van der Waals surface area (Å²) in [7, 11) is 0. The van der Waals surface area contributed by atoms with E-state index in [0.717, 1.165) is 16.7 Å². The largest absolute Gasteiger partial charge is 0.289 e. The second kappa shape index (κ2) is 8.97. The molecule has 4 rings (SSSR count). The molecule has 0 saturated heterocycles. The van der Waals surface area contributed by atoms with Crippen molar-refractivity contribution >= 4 is 17.1 Å². The van der Waals surface area contributed by atoms with E-state index >= 15 is 0 Å². The molecule has 30 heavy (non-hydrogen) atoms. The zero-order chi connectivity index (χ0) is 20.8. The van der Waals surface area contributed by atoms with Gasteiger partial charge < -0.3 is 0 Å². The average molecular weight is 388 g/mol. The molecule has 4 aromatic rings. The average Bonchev–Trinajstić information content (AvgIpc) is 2.84. The molecule has 2 nitrogen and oxygen atoms in total. The first-order valence-electron chi connectivity index (χ1n) is 9.79. The number of hydrogen-bond donors (Lipinski definition) is 0. The normalized spacial score (nSPS) is 11.1. The Bertz CT molecular complexity index is 1170. The summed E-state index contributed by atoms with van der Waals surface area (Å²) in [5.41, 5.74) is 4.35. The summed E-state index contributed by atoms with van der Waals surface area (Å²) in [5.74, 6) is -0.367. The number of ketones is 2. The van der Waals surface area contributed by atoms with Gasteiger partial charge in [0.25, 0.3) is 0 Å². The van der Waals surface area contributed by atoms with Gasteiger partial charge in [-0.2, -0.15) is 0 Å². The number of hydrogen-bond acceptors (Lipinski definition) is 2. The molecule has 0 radical (unpaired) electrons. The van der Waals surface area contributed by atoms with Gasteiger partial charge in [0.1, 0.15) is 0 Å². The lowest BCUT2D eigenvalue weighted by molar-refractivity contribution is 0.102. The Morgan fingerprint density at radius 1 is 0.467 bits per heavy atom. The molecule has 0 bridgehead atoms. The lowest BCUT2D eigenvalue weighted by Crippen LogP contribution is -2.06. The number of carbonyl (C=O) groups excluding carboxylic acids is 2. The van der Waals surface area contributed by atoms with Crippen LogP contribution in [0.5, 0.6) is 0 Å². The molecule has 144 valence electrons. The SMILES string of the molecule is O=C(/C=C(/C(=O)c1ccccc1)c1ccccc1)c1ccc(-c2ccccc2)cc1. The number of rotatable bonds is 6. The highest BCUT2D eigenvalue weighted by Crippen LogP contribution is 2.23. The van der Waals surface area contributed by atoms with Crippen LogP contribution in [0.3, 0.4) is 0 Å². The smallest absolute Gasteiger partial charge is 0.193 e. The second-order valence-electron chi connectivity index (χ2n) is 6.93. The van der Waals surface area contributed by atoms with Crippen molar-refractivity contribution in [1.29, 1.82) is 0 Å². The van der Waals surface area contributed by atoms with Crippen LogP contribution < -0.4 is 0 Å². The Hall–Kier alpha value is -4.04. The van der Waals surface area contributed by atoms with Gasteiger partial charge in [-0.05, 0) is 22.8 Å². The van der Waals surface area contributed by atoms with E-state index in [0.29, 0.717) is 16.7 Å². The Morgan fingerprint density at radius 2 is 0.933 bits per heavy atom. The van der Waals surface area contributed by atoms with Crippen LogP contribution in [0.2, 0.25) is 0 Å². The number of allylic oxidation sites excluding steroid dienone is 2. The molecule has 0 aromatic heterocycles. The fraction of sp³-hybridized carbons (Fsp3) is 0. The van der Waals surface area contributed by atoms with Crippen LogP contribution >= 0.6 is 0 Å². The number of Topliss-reactive ketones (excluding diaryl/α,β-unsaturated/α-hetero) is 1. The first-order valence-corrected chi connectivity index (χ1v) is 9.79. The molecule has 4 aromatic carbocycles. The molecule has 0 heterocycles. The predicted molar refractivity (Wildman–Crippen MR) is 121 cm³/mol. The van der Waals surface area contributed by atoms with E-state index in [1.165, 1.54) is 6.08 Å². The van der Waals surface area contributed by atoms with Crippen LogP contribution in [0.1, 0.15) is 26.3 Å². The molecule has 0 N–H and O–H groups in total. The predicted octanol–water partition coefficient (Wildman–Crippen LogP) is 6.50. The van der Waals surface area contributed by atoms with Crippen LogP contribution in [0.4, 0.5) is 0 Å². The maximum Gasteiger partial charge on any atom is 0.193 e. The van der Waals surface area contributed by atoms with E-state index in [2.05, 4.69) is 0 Å². The quantitative estimate of drug-likeness (QED) is 0.279. The fourth-order valence-corrected chi connectivity index (χ4v) is 3.31. The summed E-state index contributed by atoms with van der Waals surface area (Å²) in [4.78, 5) is 26.1. The topological polar surface area (TPSA) is 34.1 Å². The molecule has 0 saturated carbocycles. The van der Waals surface area contributed by atoms with Crippen molar-refractivity contribution in [3.05, 3.63) is 138 Å². The minimum Gasteiger partial charge on any atom is -0.289 e. The fourth-order valence-electron chi connectivity index (χ4n) is 3.31. The minimum absolute atomic E-state index is 0.170. The molecule has 0 aliphatic heterocycles. The highest BCUT2D eigenvalue weighted by Gasteiger charge is 2.16. The van der Waals surface area contributed by atoms with Gasteiger partial charge in [-0.15, -0.1) is 0 Å². The van der Waals surface area contributed by atoms with Gasteiger partial charge in [0, 0.05) is 16.7 Å². The van der Waals surface area contributed by atoms with Crippen molar-refractivity contribution in [2.45, 2.75) is 0 Å². The molecule has 0 aliphatic carbocycles. The zero-order valence-electron chi connectivity index (χ0n) is 16.4. The monoisotopic (exact) mass is 388 g/mol. The van der Waals surface area contributed by atoms with Crippen molar-refractivity contribution in [2.75, 3.05) is 0 Å². The van der Waals surface area contributed by atoms with Gasteiger partial charge in [-0.25, -0.2) is 0 Å². The van der Waals surface area contributed by atoms with Crippen LogP contribution in [0, 0.1) is 0 Å². The van der Waals surface area contributed by atoms with Gasteiger partial charge in [0.05, 0.1) is 0 Å². The van der Waals surface area contributed by atoms with Crippen LogP contribution in [-0.4, -0.2) is 11.6 Å². The molecule has 0 spiro atoms. The van der Waals surface area contributed by atoms with E-state index in [1.807, 2.05) is 91.0 Å². The second-order valence-corrected chi connectivity index (χ2v) is 6.93. The first kappa shape index (κ1) is 19.3. The highest BCUT2D eigenvalue weighted by atomic mass is 16.1. The highest BCUT2D eigenvalue weighted by molar-refractivity contribution is 6.32. The van der Waals surface area contributed by atoms with Gasteiger partial charge in [-0.1, -0.05) is 115 Å². The third-order valence-electron chi connectivity index (χ3n) is 4.92. The first-order chi connectivity index (χ1) is 14.7. The molecule has 0 unspecified atom stereocenters. The van der Waals surface area contributed by atoms with Crippen molar-refractivity contribution in [3.63, 3.8) is 0 Å². The Balaban J connectivity index is 1.68. The van der Waals surface area contributed by atoms with Gasteiger partial charge in [-0.3, -0.25) is 9.59 Å². The maximum atomic E-state index is 13.1. The van der Waals surface area contributed by atoms with Gasteiger partial charge in [0.15, 0.2) is 11.6 Å². The summed E-state index contributed by atoms with van der Waals surface area (Å²) in [6.07, 6.45) is 1.45. The Labute approximate surface area is 176 Å². The van der Waals surface area contributed by atoms with Gasteiger partial charge >= 0.3 is 0 Å². The summed E-state index contributed by atoms with van der Waals surface area (Å²) in [6, 6.07) is 35.8. The standard InChI is InChI=1S/C28H20O2/c29-27(24-18-16-22(17-19-24)21-10-4-1-5-11-21)20-26(23-12-6-2-7-13-23)28(30)25-14-8-3-9-15-25/h1-20H/b26-20+. The van der Waals surface area contributed by atoms with Crippen LogP contribution in [0.15, 0.2) is 121 Å². The van der Waals surface area contributed by atoms with E-state index in [4.69, 9.17) is 0 Å². The van der Waals surface area contributed by atoms with E-state index < -0.39 is 0 Å². The molecular formula is C28H20O2. The summed E-state index contributed by atoms with van der Waals surface area (Å²) < 4.78 is 0. The molecule has 0 aliphatic rings. The van der Waals surface area contributed by atoms with Gasteiger partial charge in [0.2, 0.25) is 0 Å². The van der Waals surface area contributed by atoms with Crippen molar-refractivity contribution in [2.24, 2.45) is 0 Å². The molecule has 0 atom stereocenters. The maximum absolute atomic E-state index is 13.1. The van der Waals surface area contributed by atoms with Crippen LogP contribution in [0.25, 0.3) is 16.7 Å². The lowest BCUT2D eigenvalue weighted by atomic mass is 9.94. The summed E-state index contributed by atoms with van der Waals surface area (Å²) in [5, 5.41) is 0. The Morgan fingerprint density at radius 3 is 1.50 bits per heavy atom. The van der Waals surface area contributed by atoms with Crippen molar-refractivity contribution in [3.8, 4) is 11.1 Å². The van der Waals surface area contributed by atoms with E-state index in [1.54, 1.807) is 24.3 Å². The summed E-state index contributed by atoms with van der Waals surface area (Å²) in [6.45, 7) is 0. The third-order valence-corrected chi connectivity index (χ3v) is 4.92.